The molecular formula is C13H17NO3. The van der Waals surface area contributed by atoms with Crippen LogP contribution in [0.15, 0.2) is 24.3 Å². The van der Waals surface area contributed by atoms with Crippen molar-refractivity contribution in [2.24, 2.45) is 0 Å². The van der Waals surface area contributed by atoms with Crippen molar-refractivity contribution in [3.05, 3.63) is 29.8 Å². The first-order valence-corrected chi connectivity index (χ1v) is 5.86. The lowest BCUT2D eigenvalue weighted by Crippen LogP contribution is -2.54. The first kappa shape index (κ1) is 11.9. The van der Waals surface area contributed by atoms with Gasteiger partial charge in [0.05, 0.1) is 6.10 Å². The number of benzene rings is 1. The van der Waals surface area contributed by atoms with E-state index in [1.54, 1.807) is 4.90 Å². The normalized spacial score (nSPS) is 15.5. The molecule has 1 N–H and O–H groups in total. The molecule has 1 aromatic carbocycles. The molecular weight excluding hydrogens is 218 g/mol. The van der Waals surface area contributed by atoms with Crippen LogP contribution in [0, 0.1) is 0 Å². The third kappa shape index (κ3) is 2.97. The van der Waals surface area contributed by atoms with E-state index in [1.807, 2.05) is 24.3 Å². The molecule has 1 aromatic rings. The minimum atomic E-state index is -0.359. The maximum absolute atomic E-state index is 11.6. The highest BCUT2D eigenvalue weighted by Crippen LogP contribution is 2.13. The van der Waals surface area contributed by atoms with E-state index in [4.69, 9.17) is 9.84 Å². The quantitative estimate of drug-likeness (QED) is 0.841. The summed E-state index contributed by atoms with van der Waals surface area (Å²) in [5.41, 5.74) is 1.24. The molecule has 1 saturated heterocycles. The number of carbonyl (C=O) groups excluding carboxylic acids is 1. The number of aryl methyl sites for hydroxylation is 1. The van der Waals surface area contributed by atoms with E-state index in [0.717, 1.165) is 6.42 Å². The second-order valence-electron chi connectivity index (χ2n) is 4.24. The summed E-state index contributed by atoms with van der Waals surface area (Å²) in [7, 11) is 0. The smallest absolute Gasteiger partial charge is 0.260 e. The van der Waals surface area contributed by atoms with Gasteiger partial charge in [-0.1, -0.05) is 19.1 Å². The van der Waals surface area contributed by atoms with Crippen LogP contribution in [0.25, 0.3) is 0 Å². The molecule has 0 radical (unpaired) electrons. The number of carbonyl (C=O) groups is 1. The van der Waals surface area contributed by atoms with Crippen molar-refractivity contribution in [1.29, 1.82) is 0 Å². The molecule has 2 rings (SSSR count). The van der Waals surface area contributed by atoms with E-state index in [9.17, 15) is 4.79 Å². The molecule has 0 aliphatic carbocycles. The molecule has 4 nitrogen and oxygen atoms in total. The molecule has 1 heterocycles. The van der Waals surface area contributed by atoms with Crippen molar-refractivity contribution < 1.29 is 14.6 Å². The number of aliphatic hydroxyl groups excluding tert-OH is 1. The zero-order valence-corrected chi connectivity index (χ0v) is 9.93. The number of rotatable bonds is 4. The summed E-state index contributed by atoms with van der Waals surface area (Å²) in [4.78, 5) is 13.1. The molecule has 0 atom stereocenters. The minimum absolute atomic E-state index is 0.0399. The third-order valence-electron chi connectivity index (χ3n) is 2.91. The molecule has 17 heavy (non-hydrogen) atoms. The van der Waals surface area contributed by atoms with Gasteiger partial charge in [-0.3, -0.25) is 4.79 Å². The van der Waals surface area contributed by atoms with Gasteiger partial charge in [0.2, 0.25) is 0 Å². The summed E-state index contributed by atoms with van der Waals surface area (Å²) in [5, 5.41) is 9.08. The molecule has 0 saturated carbocycles. The van der Waals surface area contributed by atoms with Gasteiger partial charge in [0.15, 0.2) is 6.61 Å². The molecule has 1 fully saturated rings. The Bertz CT molecular complexity index is 382. The van der Waals surface area contributed by atoms with Crippen LogP contribution in [0.1, 0.15) is 12.5 Å². The third-order valence-corrected chi connectivity index (χ3v) is 2.91. The van der Waals surface area contributed by atoms with Crippen molar-refractivity contribution in [3.8, 4) is 5.75 Å². The number of aliphatic hydroxyl groups is 1. The van der Waals surface area contributed by atoms with E-state index in [2.05, 4.69) is 6.92 Å². The predicted molar refractivity (Wildman–Crippen MR) is 63.9 cm³/mol. The Balaban J connectivity index is 1.79. The Morgan fingerprint density at radius 2 is 2.06 bits per heavy atom. The molecule has 1 amide bonds. The van der Waals surface area contributed by atoms with Crippen molar-refractivity contribution in [2.75, 3.05) is 19.7 Å². The number of β-amino-alcohol motifs (C(OH)–C–C–N with tert-alkyl or cyclic N) is 1. The lowest BCUT2D eigenvalue weighted by Gasteiger charge is -2.35. The van der Waals surface area contributed by atoms with E-state index < -0.39 is 0 Å². The zero-order valence-electron chi connectivity index (χ0n) is 9.93. The maximum Gasteiger partial charge on any atom is 0.260 e. The standard InChI is InChI=1S/C13H17NO3/c1-2-10-3-5-12(6-4-10)17-9-13(16)14-7-11(15)8-14/h3-6,11,15H,2,7-9H2,1H3. The average Bonchev–Trinajstić information content (AvgIpc) is 2.32. The number of amides is 1. The molecule has 0 unspecified atom stereocenters. The number of hydrogen-bond donors (Lipinski definition) is 1. The van der Waals surface area contributed by atoms with Gasteiger partial charge in [-0.15, -0.1) is 0 Å². The SMILES string of the molecule is CCc1ccc(OCC(=O)N2CC(O)C2)cc1. The average molecular weight is 235 g/mol. The van der Waals surface area contributed by atoms with Crippen LogP contribution in [0.5, 0.6) is 5.75 Å². The first-order valence-electron chi connectivity index (χ1n) is 5.86. The fraction of sp³-hybridized carbons (Fsp3) is 0.462. The van der Waals surface area contributed by atoms with Crippen molar-refractivity contribution in [2.45, 2.75) is 19.4 Å². The van der Waals surface area contributed by atoms with Gasteiger partial charge in [0.25, 0.3) is 5.91 Å². The Hall–Kier alpha value is -1.55. The van der Waals surface area contributed by atoms with Crippen LogP contribution in [0.4, 0.5) is 0 Å². The van der Waals surface area contributed by atoms with Gasteiger partial charge in [0, 0.05) is 13.1 Å². The van der Waals surface area contributed by atoms with Crippen LogP contribution in [-0.2, 0) is 11.2 Å². The van der Waals surface area contributed by atoms with Crippen LogP contribution in [-0.4, -0.2) is 41.7 Å². The van der Waals surface area contributed by atoms with E-state index in [-0.39, 0.29) is 18.6 Å². The highest BCUT2D eigenvalue weighted by atomic mass is 16.5. The highest BCUT2D eigenvalue weighted by molar-refractivity contribution is 5.78. The van der Waals surface area contributed by atoms with E-state index in [0.29, 0.717) is 18.8 Å². The molecule has 0 aromatic heterocycles. The minimum Gasteiger partial charge on any atom is -0.484 e. The Morgan fingerprint density at radius 1 is 1.41 bits per heavy atom. The predicted octanol–water partition coefficient (Wildman–Crippen LogP) is 0.831. The highest BCUT2D eigenvalue weighted by Gasteiger charge is 2.28. The Labute approximate surface area is 101 Å². The van der Waals surface area contributed by atoms with Crippen molar-refractivity contribution in [3.63, 3.8) is 0 Å². The van der Waals surface area contributed by atoms with Crippen LogP contribution < -0.4 is 4.74 Å². The molecule has 1 aliphatic rings. The summed E-state index contributed by atoms with van der Waals surface area (Å²) in [6, 6.07) is 7.73. The summed E-state index contributed by atoms with van der Waals surface area (Å²) in [6.45, 7) is 2.99. The second kappa shape index (κ2) is 5.19. The van der Waals surface area contributed by atoms with Crippen LogP contribution in [0.2, 0.25) is 0 Å². The van der Waals surface area contributed by atoms with Gasteiger partial charge >= 0.3 is 0 Å². The summed E-state index contributed by atoms with van der Waals surface area (Å²) in [6.07, 6.45) is 0.632. The molecule has 92 valence electrons. The fourth-order valence-electron chi connectivity index (χ4n) is 1.72. The largest absolute Gasteiger partial charge is 0.484 e. The Morgan fingerprint density at radius 3 is 2.59 bits per heavy atom. The second-order valence-corrected chi connectivity index (χ2v) is 4.24. The van der Waals surface area contributed by atoms with E-state index in [1.165, 1.54) is 5.56 Å². The Kier molecular flexibility index (Phi) is 3.64. The number of ether oxygens (including phenoxy) is 1. The fourth-order valence-corrected chi connectivity index (χ4v) is 1.72. The maximum atomic E-state index is 11.6. The van der Waals surface area contributed by atoms with Crippen LogP contribution >= 0.6 is 0 Å². The number of hydrogen-bond acceptors (Lipinski definition) is 3. The van der Waals surface area contributed by atoms with Gasteiger partial charge < -0.3 is 14.7 Å². The summed E-state index contributed by atoms with van der Waals surface area (Å²) in [5.74, 6) is 0.631. The van der Waals surface area contributed by atoms with Crippen molar-refractivity contribution >= 4 is 5.91 Å². The number of nitrogens with zero attached hydrogens (tertiary/aromatic N) is 1. The molecule has 1 aliphatic heterocycles. The van der Waals surface area contributed by atoms with Gasteiger partial charge in [0.1, 0.15) is 5.75 Å². The van der Waals surface area contributed by atoms with Crippen molar-refractivity contribution in [1.82, 2.24) is 4.90 Å². The molecule has 4 heteroatoms. The van der Waals surface area contributed by atoms with Gasteiger partial charge in [-0.25, -0.2) is 0 Å². The zero-order chi connectivity index (χ0) is 12.3. The lowest BCUT2D eigenvalue weighted by atomic mass is 10.1. The molecule has 0 bridgehead atoms. The summed E-state index contributed by atoms with van der Waals surface area (Å²) >= 11 is 0. The van der Waals surface area contributed by atoms with Crippen LogP contribution in [0.3, 0.4) is 0 Å². The van der Waals surface area contributed by atoms with Gasteiger partial charge in [-0.05, 0) is 24.1 Å². The van der Waals surface area contributed by atoms with Gasteiger partial charge in [-0.2, -0.15) is 0 Å². The topological polar surface area (TPSA) is 49.8 Å². The molecule has 0 spiro atoms. The van der Waals surface area contributed by atoms with E-state index >= 15 is 0 Å². The number of likely N-dealkylation sites (tertiary alicyclic amines) is 1. The first-order chi connectivity index (χ1) is 8.19. The monoisotopic (exact) mass is 235 g/mol. The lowest BCUT2D eigenvalue weighted by molar-refractivity contribution is -0.143. The summed E-state index contributed by atoms with van der Waals surface area (Å²) < 4.78 is 5.39.